The molecule has 1 aliphatic rings. The molecule has 0 fully saturated rings. The maximum absolute atomic E-state index is 11.4. The number of carbonyl (C=O) groups excluding carboxylic acids is 2. The number of hydrogen-bond donors (Lipinski definition) is 0. The molecular weight excluding hydrogens is 592 g/mol. The van der Waals surface area contributed by atoms with Crippen LogP contribution in [0.2, 0.25) is 13.6 Å². The smallest absolute Gasteiger partial charge is 0.174 e. The van der Waals surface area contributed by atoms with Gasteiger partial charge in [-0.2, -0.15) is 0 Å². The fourth-order valence-corrected chi connectivity index (χ4v) is 2.82. The van der Waals surface area contributed by atoms with Gasteiger partial charge in [-0.1, -0.05) is 100 Å². The van der Waals surface area contributed by atoms with Crippen LogP contribution in [0, 0.1) is 33.6 Å². The van der Waals surface area contributed by atoms with Gasteiger partial charge in [-0.05, 0) is 56.9 Å². The Morgan fingerprint density at radius 2 is 0.694 bits per heavy atom. The number of aryl methyl sites for hydroxylation is 4. The molecule has 6 heteroatoms. The zero-order chi connectivity index (χ0) is 26.7. The molecule has 0 aromatic heterocycles. The van der Waals surface area contributed by atoms with Gasteiger partial charge < -0.3 is 0 Å². The molecule has 0 atom stereocenters. The Balaban J connectivity index is -0.000000192. The summed E-state index contributed by atoms with van der Waals surface area (Å²) in [7, 11) is 9.00. The second-order valence-electron chi connectivity index (χ2n) is 7.16. The van der Waals surface area contributed by atoms with Crippen LogP contribution in [0.25, 0.3) is 0 Å². The third-order valence-electron chi connectivity index (χ3n) is 5.10. The number of fused-ring (bicyclic) bond motifs is 1. The molecule has 0 saturated carbocycles. The van der Waals surface area contributed by atoms with Crippen molar-refractivity contribution in [2.45, 2.75) is 62.1 Å². The Morgan fingerprint density at radius 3 is 0.889 bits per heavy atom. The second kappa shape index (κ2) is 26.0. The molecule has 0 unspecified atom stereocenters. The Hall–Kier alpha value is -0.662. The third-order valence-corrected chi connectivity index (χ3v) is 5.10. The van der Waals surface area contributed by atoms with Crippen molar-refractivity contribution in [2.75, 3.05) is 0 Å². The van der Waals surface area contributed by atoms with Crippen LogP contribution in [0.3, 0.4) is 0 Å². The van der Waals surface area contributed by atoms with E-state index in [2.05, 4.69) is 91.9 Å². The van der Waals surface area contributed by atoms with Crippen LogP contribution in [-0.2, 0) is 65.4 Å². The van der Waals surface area contributed by atoms with Crippen molar-refractivity contribution < 1.29 is 75.0 Å². The summed E-state index contributed by atoms with van der Waals surface area (Å²) in [6.45, 7) is 17.1. The molecule has 3 aromatic carbocycles. The molecule has 0 bridgehead atoms. The maximum atomic E-state index is 11.4. The van der Waals surface area contributed by atoms with Gasteiger partial charge in [0.25, 0.3) is 0 Å². The SMILES string of the molecule is CC.CC1C(=O)c2ccccc2C1=O.Cc1ccccc1C.Cc1ccccc1C.[B]C.[B]C.[Y].[Y]. The Morgan fingerprint density at radius 1 is 0.500 bits per heavy atom. The molecular formula is C30H40B2O2Y2. The van der Waals surface area contributed by atoms with E-state index >= 15 is 0 Å². The average molecular weight is 632 g/mol. The van der Waals surface area contributed by atoms with E-state index in [-0.39, 0.29) is 77.0 Å². The van der Waals surface area contributed by atoms with E-state index < -0.39 is 5.92 Å². The van der Waals surface area contributed by atoms with E-state index in [0.717, 1.165) is 0 Å². The van der Waals surface area contributed by atoms with E-state index in [1.54, 1.807) is 31.2 Å². The standard InChI is InChI=1S/C10H8O2.2C8H10.C2H6.2CH3B.2Y/c1-6-9(11)7-4-2-3-5-8(7)10(6)12;2*1-7-5-3-4-6-8(7)2;3*1-2;;/h2-6H,1H3;2*3-6H,1-2H3;1-2H3;2*1H3;;. The van der Waals surface area contributed by atoms with Gasteiger partial charge in [0, 0.05) is 76.5 Å². The van der Waals surface area contributed by atoms with Gasteiger partial charge in [0.15, 0.2) is 11.6 Å². The Labute approximate surface area is 273 Å². The molecule has 0 aliphatic heterocycles. The van der Waals surface area contributed by atoms with Crippen LogP contribution in [0.5, 0.6) is 0 Å². The number of hydrogen-bond acceptors (Lipinski definition) is 2. The zero-order valence-corrected chi connectivity index (χ0v) is 29.3. The first kappa shape index (κ1) is 42.4. The predicted octanol–water partition coefficient (Wildman–Crippen LogP) is 7.74. The summed E-state index contributed by atoms with van der Waals surface area (Å²) >= 11 is 0. The minimum Gasteiger partial charge on any atom is -0.293 e. The van der Waals surface area contributed by atoms with Crippen LogP contribution in [0.1, 0.15) is 63.7 Å². The van der Waals surface area contributed by atoms with Gasteiger partial charge in [0.2, 0.25) is 0 Å². The molecule has 3 aromatic rings. The van der Waals surface area contributed by atoms with Crippen molar-refractivity contribution >= 4 is 27.3 Å². The van der Waals surface area contributed by atoms with E-state index in [1.807, 2.05) is 13.8 Å². The van der Waals surface area contributed by atoms with Gasteiger partial charge in [0.05, 0.1) is 21.6 Å². The quantitative estimate of drug-likeness (QED) is 0.188. The third kappa shape index (κ3) is 14.9. The molecule has 184 valence electrons. The molecule has 4 rings (SSSR count). The van der Waals surface area contributed by atoms with Crippen LogP contribution in [0.4, 0.5) is 0 Å². The summed E-state index contributed by atoms with van der Waals surface area (Å²) in [6.07, 6.45) is 0. The summed E-state index contributed by atoms with van der Waals surface area (Å²) in [5, 5.41) is 0. The molecule has 6 radical (unpaired) electrons. The van der Waals surface area contributed by atoms with Crippen molar-refractivity contribution in [1.29, 1.82) is 0 Å². The van der Waals surface area contributed by atoms with Crippen molar-refractivity contribution in [1.82, 2.24) is 0 Å². The van der Waals surface area contributed by atoms with Gasteiger partial charge >= 0.3 is 0 Å². The van der Waals surface area contributed by atoms with Crippen molar-refractivity contribution in [3.05, 3.63) is 106 Å². The normalized spacial score (nSPS) is 10.1. The van der Waals surface area contributed by atoms with Gasteiger partial charge in [-0.25, -0.2) is 0 Å². The Kier molecular flexibility index (Phi) is 30.6. The van der Waals surface area contributed by atoms with Crippen LogP contribution < -0.4 is 0 Å². The summed E-state index contributed by atoms with van der Waals surface area (Å²) in [6, 6.07) is 23.7. The molecule has 36 heavy (non-hydrogen) atoms. The second-order valence-corrected chi connectivity index (χ2v) is 7.16. The minimum absolute atomic E-state index is 0. The molecule has 2 nitrogen and oxygen atoms in total. The number of rotatable bonds is 0. The Bertz CT molecular complexity index is 871. The average Bonchev–Trinajstić information content (AvgIpc) is 3.11. The summed E-state index contributed by atoms with van der Waals surface area (Å²) in [5.74, 6) is -0.561. The first-order valence-corrected chi connectivity index (χ1v) is 11.7. The maximum Gasteiger partial charge on any atom is 0.174 e. The van der Waals surface area contributed by atoms with Crippen molar-refractivity contribution in [2.24, 2.45) is 5.92 Å². The van der Waals surface area contributed by atoms with Crippen LogP contribution in [-0.4, -0.2) is 27.3 Å². The number of benzene rings is 3. The van der Waals surface area contributed by atoms with Crippen molar-refractivity contribution in [3.63, 3.8) is 0 Å². The summed E-state index contributed by atoms with van der Waals surface area (Å²) in [4.78, 5) is 22.8. The fraction of sp³-hybridized carbons (Fsp3) is 0.333. The van der Waals surface area contributed by atoms with Gasteiger partial charge in [0.1, 0.15) is 0 Å². The molecule has 0 saturated heterocycles. The monoisotopic (exact) mass is 632 g/mol. The zero-order valence-electron chi connectivity index (χ0n) is 23.6. The molecule has 1 aliphatic carbocycles. The van der Waals surface area contributed by atoms with E-state index in [9.17, 15) is 9.59 Å². The van der Waals surface area contributed by atoms with Crippen molar-refractivity contribution in [3.8, 4) is 0 Å². The molecule has 0 spiro atoms. The van der Waals surface area contributed by atoms with E-state index in [0.29, 0.717) is 11.1 Å². The molecule has 0 amide bonds. The largest absolute Gasteiger partial charge is 0.293 e. The number of Topliss-reactive ketones (excluding diaryl/α,β-unsaturated/α-hetero) is 2. The van der Waals surface area contributed by atoms with E-state index in [1.165, 1.54) is 35.9 Å². The number of ketones is 2. The topological polar surface area (TPSA) is 34.1 Å². The van der Waals surface area contributed by atoms with Gasteiger partial charge in [-0.3, -0.25) is 9.59 Å². The molecule has 0 N–H and O–H groups in total. The first-order valence-electron chi connectivity index (χ1n) is 11.7. The summed E-state index contributed by atoms with van der Waals surface area (Å²) in [5.41, 5.74) is 6.63. The first-order chi connectivity index (χ1) is 16.3. The predicted molar refractivity (Wildman–Crippen MR) is 151 cm³/mol. The fourth-order valence-electron chi connectivity index (χ4n) is 2.82. The number of carbonyl (C=O) groups is 2. The van der Waals surface area contributed by atoms with Gasteiger partial charge in [-0.15, -0.1) is 0 Å². The molecule has 0 heterocycles. The minimum atomic E-state index is -0.470. The van der Waals surface area contributed by atoms with Crippen LogP contribution >= 0.6 is 0 Å². The summed E-state index contributed by atoms with van der Waals surface area (Å²) < 4.78 is 0. The van der Waals surface area contributed by atoms with Crippen LogP contribution in [0.15, 0.2) is 72.8 Å². The van der Waals surface area contributed by atoms with E-state index in [4.69, 9.17) is 0 Å².